The predicted molar refractivity (Wildman–Crippen MR) is 82.6 cm³/mol. The summed E-state index contributed by atoms with van der Waals surface area (Å²) in [6.45, 7) is 5.29. The molecule has 0 aliphatic heterocycles. The highest BCUT2D eigenvalue weighted by Crippen LogP contribution is 2.28. The van der Waals surface area contributed by atoms with E-state index < -0.39 is 0 Å². The van der Waals surface area contributed by atoms with E-state index >= 15 is 0 Å². The Balaban J connectivity index is 0.000000444. The molecule has 1 heterocycles. The van der Waals surface area contributed by atoms with E-state index in [1.54, 1.807) is 0 Å². The zero-order valence-corrected chi connectivity index (χ0v) is 12.8. The highest BCUT2D eigenvalue weighted by atomic mass is 16.3. The minimum atomic E-state index is 0.555. The van der Waals surface area contributed by atoms with Crippen LogP contribution in [0.3, 0.4) is 0 Å². The Morgan fingerprint density at radius 1 is 1.35 bits per heavy atom. The van der Waals surface area contributed by atoms with E-state index in [0.29, 0.717) is 13.0 Å². The molecule has 110 valence electrons. The van der Waals surface area contributed by atoms with E-state index in [2.05, 4.69) is 17.9 Å². The second-order valence-electron chi connectivity index (χ2n) is 4.96. The first kappa shape index (κ1) is 16.4. The molecule has 0 saturated carbocycles. The molecular formula is C16H24N2O2. The number of carbonyl (C=O) groups excluding carboxylic acids is 1. The molecule has 0 fully saturated rings. The monoisotopic (exact) mass is 276 g/mol. The maximum atomic E-state index is 9.17. The molecule has 20 heavy (non-hydrogen) atoms. The van der Waals surface area contributed by atoms with Crippen LogP contribution in [0.2, 0.25) is 0 Å². The van der Waals surface area contributed by atoms with Gasteiger partial charge in [-0.25, -0.2) is 0 Å². The summed E-state index contributed by atoms with van der Waals surface area (Å²) in [7, 11) is 4.08. The van der Waals surface area contributed by atoms with Gasteiger partial charge in [-0.3, -0.25) is 0 Å². The van der Waals surface area contributed by atoms with Gasteiger partial charge in [-0.2, -0.15) is 0 Å². The highest BCUT2D eigenvalue weighted by molar-refractivity contribution is 5.85. The first-order valence-corrected chi connectivity index (χ1v) is 6.83. The second-order valence-corrected chi connectivity index (χ2v) is 4.96. The van der Waals surface area contributed by atoms with Crippen molar-refractivity contribution in [1.29, 1.82) is 0 Å². The number of aldehydes is 1. The Morgan fingerprint density at radius 2 is 2.00 bits per heavy atom. The molecule has 0 saturated heterocycles. The fourth-order valence-corrected chi connectivity index (χ4v) is 2.04. The standard InChI is InChI=1S/C13H18N2O.C3H6O/c1-9-12(8-15(2)3)16-11-6-4-5-10(7-14)13(9)11;1-2-3-4/h4-6H,7-8,14H2,1-3H3;3H,2H2,1H3. The predicted octanol–water partition coefficient (Wildman–Crippen LogP) is 2.86. The molecule has 0 amide bonds. The number of hydrogen-bond donors (Lipinski definition) is 1. The van der Waals surface area contributed by atoms with E-state index in [9.17, 15) is 4.79 Å². The lowest BCUT2D eigenvalue weighted by Gasteiger charge is -2.07. The highest BCUT2D eigenvalue weighted by Gasteiger charge is 2.13. The SMILES string of the molecule is CCC=O.Cc1c(CN(C)C)oc2cccc(CN)c12. The van der Waals surface area contributed by atoms with Gasteiger partial charge < -0.3 is 19.8 Å². The lowest BCUT2D eigenvalue weighted by molar-refractivity contribution is -0.107. The third-order valence-corrected chi connectivity index (χ3v) is 2.99. The minimum Gasteiger partial charge on any atom is -0.459 e. The first-order chi connectivity index (χ1) is 9.54. The van der Waals surface area contributed by atoms with Crippen molar-refractivity contribution in [1.82, 2.24) is 4.90 Å². The summed E-state index contributed by atoms with van der Waals surface area (Å²) >= 11 is 0. The molecule has 0 aliphatic carbocycles. The topological polar surface area (TPSA) is 59.5 Å². The summed E-state index contributed by atoms with van der Waals surface area (Å²) in [4.78, 5) is 11.3. The molecule has 0 atom stereocenters. The van der Waals surface area contributed by atoms with Crippen molar-refractivity contribution in [2.75, 3.05) is 14.1 Å². The molecule has 2 N–H and O–H groups in total. The number of aryl methyl sites for hydroxylation is 1. The molecule has 0 unspecified atom stereocenters. The van der Waals surface area contributed by atoms with Crippen molar-refractivity contribution < 1.29 is 9.21 Å². The van der Waals surface area contributed by atoms with E-state index in [1.807, 2.05) is 33.2 Å². The van der Waals surface area contributed by atoms with Gasteiger partial charge in [-0.1, -0.05) is 19.1 Å². The smallest absolute Gasteiger partial charge is 0.134 e. The maximum absolute atomic E-state index is 9.17. The molecule has 0 radical (unpaired) electrons. The summed E-state index contributed by atoms with van der Waals surface area (Å²) in [5.74, 6) is 1.03. The maximum Gasteiger partial charge on any atom is 0.134 e. The third kappa shape index (κ3) is 3.92. The molecule has 1 aromatic carbocycles. The van der Waals surface area contributed by atoms with Crippen LogP contribution in [0.15, 0.2) is 22.6 Å². The van der Waals surface area contributed by atoms with Crippen LogP contribution in [0, 0.1) is 6.92 Å². The molecule has 0 bridgehead atoms. The number of fused-ring (bicyclic) bond motifs is 1. The Morgan fingerprint density at radius 3 is 2.50 bits per heavy atom. The zero-order chi connectivity index (χ0) is 15.1. The van der Waals surface area contributed by atoms with Gasteiger partial charge in [0.1, 0.15) is 17.6 Å². The quantitative estimate of drug-likeness (QED) is 0.872. The largest absolute Gasteiger partial charge is 0.459 e. The van der Waals surface area contributed by atoms with Crippen molar-refractivity contribution in [2.24, 2.45) is 5.73 Å². The summed E-state index contributed by atoms with van der Waals surface area (Å²) in [6.07, 6.45) is 1.51. The summed E-state index contributed by atoms with van der Waals surface area (Å²) < 4.78 is 5.85. The van der Waals surface area contributed by atoms with Crippen molar-refractivity contribution >= 4 is 17.3 Å². The molecule has 0 aliphatic rings. The molecule has 4 heteroatoms. The molecule has 4 nitrogen and oxygen atoms in total. The number of nitrogens with two attached hydrogens (primary N) is 1. The number of carbonyl (C=O) groups is 1. The van der Waals surface area contributed by atoms with Crippen molar-refractivity contribution in [3.8, 4) is 0 Å². The number of furan rings is 1. The van der Waals surface area contributed by atoms with E-state index in [1.165, 1.54) is 10.9 Å². The van der Waals surface area contributed by atoms with E-state index in [0.717, 1.165) is 29.7 Å². The van der Waals surface area contributed by atoms with Crippen LogP contribution in [0.4, 0.5) is 0 Å². The zero-order valence-electron chi connectivity index (χ0n) is 12.8. The van der Waals surface area contributed by atoms with Crippen molar-refractivity contribution in [2.45, 2.75) is 33.4 Å². The van der Waals surface area contributed by atoms with E-state index in [-0.39, 0.29) is 0 Å². The van der Waals surface area contributed by atoms with Gasteiger partial charge >= 0.3 is 0 Å². The Kier molecular flexibility index (Phi) is 6.42. The summed E-state index contributed by atoms with van der Waals surface area (Å²) in [6, 6.07) is 6.05. The molecular weight excluding hydrogens is 252 g/mol. The summed E-state index contributed by atoms with van der Waals surface area (Å²) in [5.41, 5.74) is 9.05. The average molecular weight is 276 g/mol. The van der Waals surface area contributed by atoms with Gasteiger partial charge in [-0.15, -0.1) is 0 Å². The Labute approximate surface area is 120 Å². The lowest BCUT2D eigenvalue weighted by atomic mass is 10.1. The summed E-state index contributed by atoms with van der Waals surface area (Å²) in [5, 5.41) is 1.18. The fraction of sp³-hybridized carbons (Fsp3) is 0.438. The Hall–Kier alpha value is -1.65. The minimum absolute atomic E-state index is 0.555. The van der Waals surface area contributed by atoms with Crippen LogP contribution in [0.5, 0.6) is 0 Å². The molecule has 2 rings (SSSR count). The number of rotatable bonds is 4. The number of nitrogens with zero attached hydrogens (tertiary/aromatic N) is 1. The second kappa shape index (κ2) is 7.82. The van der Waals surface area contributed by atoms with Gasteiger partial charge in [0, 0.05) is 23.9 Å². The number of hydrogen-bond acceptors (Lipinski definition) is 4. The van der Waals surface area contributed by atoms with Gasteiger partial charge in [0.25, 0.3) is 0 Å². The Bertz CT molecular complexity index is 559. The van der Waals surface area contributed by atoms with Crippen molar-refractivity contribution in [3.05, 3.63) is 35.1 Å². The average Bonchev–Trinajstić information content (AvgIpc) is 2.75. The van der Waals surface area contributed by atoms with Crippen LogP contribution in [-0.4, -0.2) is 25.3 Å². The fourth-order valence-electron chi connectivity index (χ4n) is 2.04. The van der Waals surface area contributed by atoms with Crippen LogP contribution in [0.1, 0.15) is 30.2 Å². The van der Waals surface area contributed by atoms with E-state index in [4.69, 9.17) is 10.2 Å². The van der Waals surface area contributed by atoms with Crippen LogP contribution in [0.25, 0.3) is 11.0 Å². The van der Waals surface area contributed by atoms with Gasteiger partial charge in [0.2, 0.25) is 0 Å². The molecule has 0 spiro atoms. The van der Waals surface area contributed by atoms with Gasteiger partial charge in [-0.05, 0) is 32.6 Å². The first-order valence-electron chi connectivity index (χ1n) is 6.83. The third-order valence-electron chi connectivity index (χ3n) is 2.99. The van der Waals surface area contributed by atoms with Gasteiger partial charge in [0.05, 0.1) is 6.54 Å². The van der Waals surface area contributed by atoms with Gasteiger partial charge in [0.15, 0.2) is 0 Å². The van der Waals surface area contributed by atoms with Crippen LogP contribution in [-0.2, 0) is 17.9 Å². The lowest BCUT2D eigenvalue weighted by Crippen LogP contribution is -2.10. The molecule has 2 aromatic rings. The van der Waals surface area contributed by atoms with Crippen LogP contribution >= 0.6 is 0 Å². The number of benzene rings is 1. The van der Waals surface area contributed by atoms with Crippen molar-refractivity contribution in [3.63, 3.8) is 0 Å². The molecule has 1 aromatic heterocycles. The normalized spacial score (nSPS) is 10.5. The van der Waals surface area contributed by atoms with Crippen LogP contribution < -0.4 is 5.73 Å².